The highest BCUT2D eigenvalue weighted by molar-refractivity contribution is 5.62. The number of aryl methyl sites for hydroxylation is 1. The van der Waals surface area contributed by atoms with Crippen LogP contribution < -0.4 is 16.2 Å². The van der Waals surface area contributed by atoms with E-state index in [1.165, 1.54) is 0 Å². The van der Waals surface area contributed by atoms with Crippen LogP contribution in [0.15, 0.2) is 0 Å². The maximum Gasteiger partial charge on any atom is 0.332 e. The number of aromatic nitrogens is 2. The van der Waals surface area contributed by atoms with Gasteiger partial charge in [0, 0.05) is 26.2 Å². The molecule has 1 aromatic rings. The standard InChI is InChI=1S/C10H17N7O2/c1-7-8(17(18)19)9(13-10(12-7)14-11)16-5-3-15(2)4-6-16/h3-6,11H2,1-2H3,(H,12,13,14). The number of piperazine rings is 1. The Bertz CT molecular complexity index is 485. The second-order valence-corrected chi connectivity index (χ2v) is 4.50. The van der Waals surface area contributed by atoms with E-state index in [1.54, 1.807) is 6.92 Å². The van der Waals surface area contributed by atoms with E-state index in [-0.39, 0.29) is 11.6 Å². The first kappa shape index (κ1) is 13.4. The van der Waals surface area contributed by atoms with Gasteiger partial charge in [0.2, 0.25) is 11.8 Å². The predicted molar refractivity (Wildman–Crippen MR) is 70.9 cm³/mol. The Morgan fingerprint density at radius 1 is 1.32 bits per heavy atom. The molecule has 1 aliphatic rings. The number of likely N-dealkylation sites (N-methyl/N-ethyl adjacent to an activating group) is 1. The Labute approximate surface area is 110 Å². The lowest BCUT2D eigenvalue weighted by Crippen LogP contribution is -2.45. The van der Waals surface area contributed by atoms with Crippen molar-refractivity contribution in [2.75, 3.05) is 43.6 Å². The summed E-state index contributed by atoms with van der Waals surface area (Å²) in [7, 11) is 2.02. The molecule has 2 rings (SSSR count). The second-order valence-electron chi connectivity index (χ2n) is 4.50. The number of hydrogen-bond donors (Lipinski definition) is 2. The minimum absolute atomic E-state index is 0.0523. The van der Waals surface area contributed by atoms with Gasteiger partial charge >= 0.3 is 5.69 Å². The Balaban J connectivity index is 2.41. The van der Waals surface area contributed by atoms with Gasteiger partial charge in [-0.1, -0.05) is 0 Å². The highest BCUT2D eigenvalue weighted by Gasteiger charge is 2.28. The first-order valence-electron chi connectivity index (χ1n) is 5.96. The van der Waals surface area contributed by atoms with E-state index in [1.807, 2.05) is 11.9 Å². The number of nitrogens with one attached hydrogen (secondary N) is 1. The summed E-state index contributed by atoms with van der Waals surface area (Å²) < 4.78 is 0. The zero-order valence-corrected chi connectivity index (χ0v) is 11.0. The minimum Gasteiger partial charge on any atom is -0.348 e. The van der Waals surface area contributed by atoms with E-state index in [2.05, 4.69) is 20.3 Å². The summed E-state index contributed by atoms with van der Waals surface area (Å²) >= 11 is 0. The van der Waals surface area contributed by atoms with Gasteiger partial charge in [0.25, 0.3) is 0 Å². The van der Waals surface area contributed by atoms with Crippen LogP contribution in [0.1, 0.15) is 5.69 Å². The molecule has 0 unspecified atom stereocenters. The number of rotatable bonds is 3. The summed E-state index contributed by atoms with van der Waals surface area (Å²) in [5.41, 5.74) is 2.60. The monoisotopic (exact) mass is 267 g/mol. The van der Waals surface area contributed by atoms with E-state index in [0.717, 1.165) is 13.1 Å². The average Bonchev–Trinajstić information content (AvgIpc) is 2.38. The Kier molecular flexibility index (Phi) is 3.76. The number of nitrogen functional groups attached to an aromatic ring is 1. The lowest BCUT2D eigenvalue weighted by atomic mass is 10.3. The normalized spacial score (nSPS) is 16.5. The topological polar surface area (TPSA) is 113 Å². The fraction of sp³-hybridized carbons (Fsp3) is 0.600. The van der Waals surface area contributed by atoms with Crippen LogP contribution in [0.3, 0.4) is 0 Å². The van der Waals surface area contributed by atoms with Crippen LogP contribution in [-0.4, -0.2) is 53.0 Å². The quantitative estimate of drug-likeness (QED) is 0.437. The predicted octanol–water partition coefficient (Wildman–Crippen LogP) is -0.269. The number of nitrogens with zero attached hydrogens (tertiary/aromatic N) is 5. The second kappa shape index (κ2) is 5.33. The van der Waals surface area contributed by atoms with Gasteiger partial charge in [-0.15, -0.1) is 0 Å². The molecule has 19 heavy (non-hydrogen) atoms. The van der Waals surface area contributed by atoms with Crippen molar-refractivity contribution >= 4 is 17.5 Å². The van der Waals surface area contributed by atoms with Gasteiger partial charge in [0.15, 0.2) is 0 Å². The molecule has 3 N–H and O–H groups in total. The van der Waals surface area contributed by atoms with E-state index < -0.39 is 4.92 Å². The molecule has 1 fully saturated rings. The van der Waals surface area contributed by atoms with Gasteiger partial charge in [0.1, 0.15) is 5.69 Å². The van der Waals surface area contributed by atoms with E-state index in [4.69, 9.17) is 5.84 Å². The number of anilines is 2. The summed E-state index contributed by atoms with van der Waals surface area (Å²) in [4.78, 5) is 22.9. The van der Waals surface area contributed by atoms with Crippen LogP contribution >= 0.6 is 0 Å². The zero-order valence-electron chi connectivity index (χ0n) is 11.0. The van der Waals surface area contributed by atoms with Gasteiger partial charge < -0.3 is 9.80 Å². The van der Waals surface area contributed by atoms with Crippen molar-refractivity contribution in [3.05, 3.63) is 15.8 Å². The Morgan fingerprint density at radius 3 is 2.47 bits per heavy atom. The molecule has 0 amide bonds. The summed E-state index contributed by atoms with van der Waals surface area (Å²) in [6.45, 7) is 4.65. The van der Waals surface area contributed by atoms with Crippen molar-refractivity contribution in [1.82, 2.24) is 14.9 Å². The van der Waals surface area contributed by atoms with E-state index >= 15 is 0 Å². The summed E-state index contributed by atoms with van der Waals surface area (Å²) in [5, 5.41) is 11.2. The SMILES string of the molecule is Cc1nc(NN)nc(N2CCN(C)CC2)c1[N+](=O)[O-]. The van der Waals surface area contributed by atoms with E-state index in [9.17, 15) is 10.1 Å². The lowest BCUT2D eigenvalue weighted by molar-refractivity contribution is -0.385. The molecular formula is C10H17N7O2. The molecular weight excluding hydrogens is 250 g/mol. The molecule has 0 aliphatic carbocycles. The van der Waals surface area contributed by atoms with Gasteiger partial charge in [-0.05, 0) is 14.0 Å². The maximum absolute atomic E-state index is 11.2. The van der Waals surface area contributed by atoms with Crippen molar-refractivity contribution < 1.29 is 4.92 Å². The Morgan fingerprint density at radius 2 is 1.95 bits per heavy atom. The molecule has 9 nitrogen and oxygen atoms in total. The molecule has 2 heterocycles. The largest absolute Gasteiger partial charge is 0.348 e. The molecule has 1 saturated heterocycles. The highest BCUT2D eigenvalue weighted by atomic mass is 16.6. The fourth-order valence-corrected chi connectivity index (χ4v) is 2.07. The van der Waals surface area contributed by atoms with Crippen molar-refractivity contribution in [1.29, 1.82) is 0 Å². The van der Waals surface area contributed by atoms with Crippen LogP contribution in [0.2, 0.25) is 0 Å². The van der Waals surface area contributed by atoms with Crippen LogP contribution in [0.5, 0.6) is 0 Å². The molecule has 0 spiro atoms. The number of hydrazine groups is 1. The maximum atomic E-state index is 11.2. The molecule has 0 radical (unpaired) electrons. The molecule has 0 bridgehead atoms. The van der Waals surface area contributed by atoms with Gasteiger partial charge in [-0.25, -0.2) is 10.8 Å². The van der Waals surface area contributed by atoms with Crippen LogP contribution in [0.25, 0.3) is 0 Å². The minimum atomic E-state index is -0.441. The van der Waals surface area contributed by atoms with Crippen LogP contribution in [0.4, 0.5) is 17.5 Å². The fourth-order valence-electron chi connectivity index (χ4n) is 2.07. The number of nitrogens with two attached hydrogens (primary N) is 1. The molecule has 0 atom stereocenters. The molecule has 9 heteroatoms. The lowest BCUT2D eigenvalue weighted by Gasteiger charge is -2.32. The van der Waals surface area contributed by atoms with Gasteiger partial charge in [0.05, 0.1) is 4.92 Å². The summed E-state index contributed by atoms with van der Waals surface area (Å²) in [5.74, 6) is 5.82. The van der Waals surface area contributed by atoms with Crippen molar-refractivity contribution in [2.45, 2.75) is 6.92 Å². The number of nitro groups is 1. The molecule has 104 valence electrons. The summed E-state index contributed by atoms with van der Waals surface area (Å²) in [6.07, 6.45) is 0. The van der Waals surface area contributed by atoms with Gasteiger partial charge in [-0.2, -0.15) is 4.98 Å². The van der Waals surface area contributed by atoms with E-state index in [0.29, 0.717) is 24.6 Å². The average molecular weight is 267 g/mol. The van der Waals surface area contributed by atoms with Gasteiger partial charge in [-0.3, -0.25) is 15.5 Å². The Hall–Kier alpha value is -2.00. The first-order valence-corrected chi connectivity index (χ1v) is 5.96. The zero-order chi connectivity index (χ0) is 14.0. The number of hydrogen-bond acceptors (Lipinski definition) is 8. The van der Waals surface area contributed by atoms with Crippen molar-refractivity contribution in [3.63, 3.8) is 0 Å². The molecule has 1 aromatic heterocycles. The molecule has 0 aromatic carbocycles. The molecule has 1 aliphatic heterocycles. The van der Waals surface area contributed by atoms with Crippen LogP contribution in [-0.2, 0) is 0 Å². The smallest absolute Gasteiger partial charge is 0.332 e. The third kappa shape index (κ3) is 2.71. The third-order valence-electron chi connectivity index (χ3n) is 3.15. The van der Waals surface area contributed by atoms with Crippen molar-refractivity contribution in [2.24, 2.45) is 5.84 Å². The highest BCUT2D eigenvalue weighted by Crippen LogP contribution is 2.30. The summed E-state index contributed by atoms with van der Waals surface area (Å²) in [6, 6.07) is 0. The van der Waals surface area contributed by atoms with Crippen molar-refractivity contribution in [3.8, 4) is 0 Å². The third-order valence-corrected chi connectivity index (χ3v) is 3.15. The first-order chi connectivity index (χ1) is 9.02. The molecule has 0 saturated carbocycles. The van der Waals surface area contributed by atoms with Crippen LogP contribution in [0, 0.1) is 17.0 Å².